The van der Waals surface area contributed by atoms with E-state index in [-0.39, 0.29) is 17.9 Å². The maximum absolute atomic E-state index is 12.4. The number of morpholine rings is 1. The molecule has 1 amide bonds. The summed E-state index contributed by atoms with van der Waals surface area (Å²) in [7, 11) is 1.68. The van der Waals surface area contributed by atoms with Crippen LogP contribution in [0, 0.1) is 12.8 Å². The van der Waals surface area contributed by atoms with Crippen LogP contribution in [0.25, 0.3) is 0 Å². The van der Waals surface area contributed by atoms with Crippen LogP contribution in [0.3, 0.4) is 0 Å². The molecule has 0 atom stereocenters. The van der Waals surface area contributed by atoms with Gasteiger partial charge in [0.25, 0.3) is 0 Å². The van der Waals surface area contributed by atoms with Gasteiger partial charge in [-0.1, -0.05) is 6.07 Å². The van der Waals surface area contributed by atoms with Gasteiger partial charge < -0.3 is 24.4 Å². The predicted molar refractivity (Wildman–Crippen MR) is 108 cm³/mol. The lowest BCUT2D eigenvalue weighted by atomic mass is 9.81. The number of anilines is 2. The second-order valence-corrected chi connectivity index (χ2v) is 7.42. The molecule has 2 aliphatic rings. The molecule has 8 heteroatoms. The minimum Gasteiger partial charge on any atom is -0.454 e. The Morgan fingerprint density at radius 1 is 1.21 bits per heavy atom. The van der Waals surface area contributed by atoms with Crippen LogP contribution >= 0.6 is 0 Å². The summed E-state index contributed by atoms with van der Waals surface area (Å²) in [5, 5.41) is 2.97. The van der Waals surface area contributed by atoms with Gasteiger partial charge in [0.2, 0.25) is 11.9 Å². The van der Waals surface area contributed by atoms with E-state index in [2.05, 4.69) is 20.2 Å². The van der Waals surface area contributed by atoms with E-state index in [1.165, 1.54) is 0 Å². The van der Waals surface area contributed by atoms with Crippen molar-refractivity contribution in [2.75, 3.05) is 43.6 Å². The van der Waals surface area contributed by atoms with Gasteiger partial charge in [0, 0.05) is 37.9 Å². The third kappa shape index (κ3) is 4.65. The maximum Gasteiger partial charge on any atom is 0.227 e. The van der Waals surface area contributed by atoms with E-state index < -0.39 is 0 Å². The average molecular weight is 398 g/mol. The van der Waals surface area contributed by atoms with E-state index in [4.69, 9.17) is 14.2 Å². The van der Waals surface area contributed by atoms with E-state index in [1.807, 2.05) is 25.1 Å². The molecule has 1 N–H and O–H groups in total. The Bertz CT molecular complexity index is 846. The van der Waals surface area contributed by atoms with Gasteiger partial charge in [0.1, 0.15) is 5.75 Å². The molecule has 8 nitrogen and oxygen atoms in total. The number of aromatic nitrogens is 2. The number of hydrogen-bond acceptors (Lipinski definition) is 7. The minimum atomic E-state index is 0.00625. The van der Waals surface area contributed by atoms with Gasteiger partial charge in [0.15, 0.2) is 5.75 Å². The molecule has 29 heavy (non-hydrogen) atoms. The highest BCUT2D eigenvalue weighted by molar-refractivity contribution is 5.93. The largest absolute Gasteiger partial charge is 0.454 e. The first kappa shape index (κ1) is 19.6. The molecule has 0 bridgehead atoms. The second-order valence-electron chi connectivity index (χ2n) is 7.42. The predicted octanol–water partition coefficient (Wildman–Crippen LogP) is 2.78. The number of aryl methyl sites for hydroxylation is 1. The van der Waals surface area contributed by atoms with E-state index >= 15 is 0 Å². The number of methoxy groups -OCH3 is 1. The molecule has 1 aromatic carbocycles. The van der Waals surface area contributed by atoms with E-state index in [0.29, 0.717) is 36.3 Å². The maximum atomic E-state index is 12.4. The molecule has 0 unspecified atom stereocenters. The Hall–Kier alpha value is -2.71. The number of ether oxygens (including phenoxy) is 3. The molecule has 1 aromatic heterocycles. The van der Waals surface area contributed by atoms with Crippen LogP contribution in [-0.2, 0) is 14.3 Å². The normalized spacial score (nSPS) is 21.4. The third-order valence-corrected chi connectivity index (χ3v) is 5.39. The fraction of sp³-hybridized carbons (Fsp3) is 0.476. The highest BCUT2D eigenvalue weighted by Crippen LogP contribution is 2.32. The summed E-state index contributed by atoms with van der Waals surface area (Å²) >= 11 is 0. The van der Waals surface area contributed by atoms with Gasteiger partial charge in [-0.3, -0.25) is 4.79 Å². The molecule has 1 saturated heterocycles. The molecule has 1 aliphatic heterocycles. The van der Waals surface area contributed by atoms with Crippen molar-refractivity contribution in [2.24, 2.45) is 5.92 Å². The van der Waals surface area contributed by atoms with Gasteiger partial charge in [-0.2, -0.15) is 0 Å². The van der Waals surface area contributed by atoms with E-state index in [0.717, 1.165) is 31.5 Å². The molecule has 2 fully saturated rings. The Morgan fingerprint density at radius 3 is 2.62 bits per heavy atom. The zero-order chi connectivity index (χ0) is 20.2. The molecule has 1 saturated carbocycles. The summed E-state index contributed by atoms with van der Waals surface area (Å²) in [4.78, 5) is 23.3. The van der Waals surface area contributed by atoms with Crippen LogP contribution in [0.5, 0.6) is 11.5 Å². The summed E-state index contributed by atoms with van der Waals surface area (Å²) in [5.74, 6) is 1.91. The van der Waals surface area contributed by atoms with Crippen molar-refractivity contribution < 1.29 is 19.0 Å². The standard InChI is InChI=1S/C21H26N4O4/c1-14-3-4-16(24-20(26)15-9-17(10-15)27-2)11-19(14)29-18-12-22-21(23-13-18)25-5-7-28-8-6-25/h3-4,11-13,15,17H,5-10H2,1-2H3,(H,24,26). The monoisotopic (exact) mass is 398 g/mol. The molecule has 2 heterocycles. The zero-order valence-electron chi connectivity index (χ0n) is 16.8. The lowest BCUT2D eigenvalue weighted by molar-refractivity contribution is -0.127. The zero-order valence-corrected chi connectivity index (χ0v) is 16.8. The Balaban J connectivity index is 1.39. The number of carbonyl (C=O) groups excluding carboxylic acids is 1. The number of hydrogen-bond donors (Lipinski definition) is 1. The average Bonchev–Trinajstić information content (AvgIpc) is 2.71. The topological polar surface area (TPSA) is 85.8 Å². The van der Waals surface area contributed by atoms with E-state index in [9.17, 15) is 4.79 Å². The molecule has 0 radical (unpaired) electrons. The van der Waals surface area contributed by atoms with Crippen molar-refractivity contribution >= 4 is 17.5 Å². The van der Waals surface area contributed by atoms with Crippen molar-refractivity contribution in [3.05, 3.63) is 36.2 Å². The number of amides is 1. The summed E-state index contributed by atoms with van der Waals surface area (Å²) in [6, 6.07) is 5.63. The molecular weight excluding hydrogens is 372 g/mol. The molecule has 154 valence electrons. The van der Waals surface area contributed by atoms with Crippen LogP contribution in [0.15, 0.2) is 30.6 Å². The Morgan fingerprint density at radius 2 is 1.93 bits per heavy atom. The number of rotatable bonds is 6. The van der Waals surface area contributed by atoms with Crippen molar-refractivity contribution in [1.82, 2.24) is 9.97 Å². The fourth-order valence-corrected chi connectivity index (χ4v) is 3.42. The van der Waals surface area contributed by atoms with Crippen molar-refractivity contribution in [3.63, 3.8) is 0 Å². The number of nitrogens with zero attached hydrogens (tertiary/aromatic N) is 3. The Labute approximate surface area is 170 Å². The van der Waals surface area contributed by atoms with Crippen LogP contribution in [0.2, 0.25) is 0 Å². The SMILES string of the molecule is COC1CC(C(=O)Nc2ccc(C)c(Oc3cnc(N4CCOCC4)nc3)c2)C1. The first-order valence-electron chi connectivity index (χ1n) is 9.89. The third-order valence-electron chi connectivity index (χ3n) is 5.39. The van der Waals surface area contributed by atoms with Gasteiger partial charge in [0.05, 0.1) is 31.7 Å². The molecular formula is C21H26N4O4. The summed E-state index contributed by atoms with van der Waals surface area (Å²) in [5.41, 5.74) is 1.67. The smallest absolute Gasteiger partial charge is 0.227 e. The lowest BCUT2D eigenvalue weighted by Gasteiger charge is -2.32. The molecule has 4 rings (SSSR count). The van der Waals surface area contributed by atoms with Crippen LogP contribution in [0.4, 0.5) is 11.6 Å². The van der Waals surface area contributed by atoms with Crippen molar-refractivity contribution in [1.29, 1.82) is 0 Å². The van der Waals surface area contributed by atoms with Crippen LogP contribution < -0.4 is 15.0 Å². The van der Waals surface area contributed by atoms with Gasteiger partial charge in [-0.15, -0.1) is 0 Å². The summed E-state index contributed by atoms with van der Waals surface area (Å²) in [6.45, 7) is 4.90. The van der Waals surface area contributed by atoms with Gasteiger partial charge in [-0.05, 0) is 31.4 Å². The van der Waals surface area contributed by atoms with Crippen molar-refractivity contribution in [2.45, 2.75) is 25.9 Å². The van der Waals surface area contributed by atoms with E-state index in [1.54, 1.807) is 19.5 Å². The van der Waals surface area contributed by atoms with Crippen LogP contribution in [0.1, 0.15) is 18.4 Å². The Kier molecular flexibility index (Phi) is 5.92. The number of carbonyl (C=O) groups is 1. The number of benzene rings is 1. The van der Waals surface area contributed by atoms with Gasteiger partial charge in [-0.25, -0.2) is 9.97 Å². The van der Waals surface area contributed by atoms with Gasteiger partial charge >= 0.3 is 0 Å². The lowest BCUT2D eigenvalue weighted by Crippen LogP contribution is -2.38. The highest BCUT2D eigenvalue weighted by Gasteiger charge is 2.34. The first-order valence-corrected chi connectivity index (χ1v) is 9.89. The molecule has 0 spiro atoms. The first-order chi connectivity index (χ1) is 14.1. The minimum absolute atomic E-state index is 0.00625. The summed E-state index contributed by atoms with van der Waals surface area (Å²) < 4.78 is 16.6. The summed E-state index contributed by atoms with van der Waals surface area (Å²) in [6.07, 6.45) is 5.07. The fourth-order valence-electron chi connectivity index (χ4n) is 3.42. The number of nitrogens with one attached hydrogen (secondary N) is 1. The molecule has 1 aliphatic carbocycles. The van der Waals surface area contributed by atoms with Crippen LogP contribution in [-0.4, -0.2) is 55.4 Å². The quantitative estimate of drug-likeness (QED) is 0.801. The highest BCUT2D eigenvalue weighted by atomic mass is 16.5. The molecule has 2 aromatic rings. The van der Waals surface area contributed by atoms with Crippen molar-refractivity contribution in [3.8, 4) is 11.5 Å². The second kappa shape index (κ2) is 8.75.